The molecule has 2 amide bonds. The first-order valence-electron chi connectivity index (χ1n) is 9.92. The van der Waals surface area contributed by atoms with Crippen molar-refractivity contribution < 1.29 is 14.0 Å². The molecule has 1 saturated carbocycles. The minimum atomic E-state index is -0.331. The SMILES string of the molecule is CN=C(NCCc1c(F)cccc1Cl)NCCN1C(=O)C2C3C=CC(C3)C2C1=O. The van der Waals surface area contributed by atoms with Crippen LogP contribution in [0.25, 0.3) is 0 Å². The van der Waals surface area contributed by atoms with Crippen molar-refractivity contribution in [3.63, 3.8) is 0 Å². The second-order valence-corrected chi connectivity index (χ2v) is 8.11. The van der Waals surface area contributed by atoms with Crippen molar-refractivity contribution in [2.45, 2.75) is 12.8 Å². The first kappa shape index (κ1) is 19.9. The van der Waals surface area contributed by atoms with Gasteiger partial charge in [-0.25, -0.2) is 4.39 Å². The van der Waals surface area contributed by atoms with Crippen LogP contribution in [0.5, 0.6) is 0 Å². The van der Waals surface area contributed by atoms with Crippen LogP contribution in [0.2, 0.25) is 5.02 Å². The van der Waals surface area contributed by atoms with E-state index in [2.05, 4.69) is 27.8 Å². The second kappa shape index (κ2) is 8.14. The molecule has 1 saturated heterocycles. The number of hydrogen-bond acceptors (Lipinski definition) is 3. The number of carbonyl (C=O) groups excluding carboxylic acids is 2. The Hall–Kier alpha value is -2.41. The summed E-state index contributed by atoms with van der Waals surface area (Å²) in [7, 11) is 1.63. The van der Waals surface area contributed by atoms with Gasteiger partial charge in [-0.3, -0.25) is 19.5 Å². The minimum absolute atomic E-state index is 0.0456. The summed E-state index contributed by atoms with van der Waals surface area (Å²) >= 11 is 6.04. The number of amides is 2. The van der Waals surface area contributed by atoms with Crippen molar-refractivity contribution in [2.24, 2.45) is 28.7 Å². The molecule has 1 aliphatic heterocycles. The molecule has 2 N–H and O–H groups in total. The molecule has 154 valence electrons. The van der Waals surface area contributed by atoms with Gasteiger partial charge in [0.2, 0.25) is 11.8 Å². The average Bonchev–Trinajstić information content (AvgIpc) is 3.38. The second-order valence-electron chi connectivity index (χ2n) is 7.70. The van der Waals surface area contributed by atoms with Gasteiger partial charge in [0.25, 0.3) is 0 Å². The van der Waals surface area contributed by atoms with E-state index in [1.54, 1.807) is 19.2 Å². The first-order valence-corrected chi connectivity index (χ1v) is 10.3. The third kappa shape index (κ3) is 3.64. The Morgan fingerprint density at radius 3 is 2.45 bits per heavy atom. The lowest BCUT2D eigenvalue weighted by atomic mass is 9.85. The highest BCUT2D eigenvalue weighted by molar-refractivity contribution is 6.31. The highest BCUT2D eigenvalue weighted by Gasteiger charge is 2.58. The number of aliphatic imine (C=N–C) groups is 1. The molecule has 0 radical (unpaired) electrons. The Kier molecular flexibility index (Phi) is 5.58. The molecule has 29 heavy (non-hydrogen) atoms. The zero-order valence-corrected chi connectivity index (χ0v) is 17.0. The van der Waals surface area contributed by atoms with Crippen molar-refractivity contribution in [3.8, 4) is 0 Å². The smallest absolute Gasteiger partial charge is 0.233 e. The Morgan fingerprint density at radius 1 is 1.17 bits per heavy atom. The number of nitrogens with zero attached hydrogens (tertiary/aromatic N) is 2. The largest absolute Gasteiger partial charge is 0.356 e. The lowest BCUT2D eigenvalue weighted by Crippen LogP contribution is -2.44. The standard InChI is InChI=1S/C21H24ClFN4O2/c1-24-21(25-8-7-14-15(22)3-2-4-16(14)23)26-9-10-27-19(28)17-12-5-6-13(11-12)18(17)20(27)29/h2-6,12-13,17-18H,7-11H2,1H3,(H2,24,25,26). The Balaban J connectivity index is 1.25. The normalized spacial score (nSPS) is 27.7. The molecule has 6 nitrogen and oxygen atoms in total. The van der Waals surface area contributed by atoms with Gasteiger partial charge in [0.15, 0.2) is 5.96 Å². The molecule has 8 heteroatoms. The van der Waals surface area contributed by atoms with Gasteiger partial charge in [0.05, 0.1) is 11.8 Å². The van der Waals surface area contributed by atoms with Gasteiger partial charge in [-0.05, 0) is 36.8 Å². The number of carbonyl (C=O) groups is 2. The quantitative estimate of drug-likeness (QED) is 0.321. The number of nitrogens with one attached hydrogen (secondary N) is 2. The number of allylic oxidation sites excluding steroid dienone is 2. The Bertz CT molecular complexity index is 837. The van der Waals surface area contributed by atoms with Gasteiger partial charge in [-0.1, -0.05) is 29.8 Å². The van der Waals surface area contributed by atoms with Crippen LogP contribution in [0.1, 0.15) is 12.0 Å². The molecule has 0 aromatic heterocycles. The lowest BCUT2D eigenvalue weighted by molar-refractivity contribution is -0.140. The highest BCUT2D eigenvalue weighted by Crippen LogP contribution is 2.52. The molecular formula is C21H24ClFN4O2. The molecular weight excluding hydrogens is 395 g/mol. The maximum atomic E-state index is 13.8. The number of rotatable bonds is 6. The van der Waals surface area contributed by atoms with Crippen LogP contribution in [0.3, 0.4) is 0 Å². The molecule has 1 heterocycles. The van der Waals surface area contributed by atoms with E-state index in [9.17, 15) is 14.0 Å². The molecule has 4 atom stereocenters. The minimum Gasteiger partial charge on any atom is -0.356 e. The summed E-state index contributed by atoms with van der Waals surface area (Å²) in [6.07, 6.45) is 5.52. The summed E-state index contributed by atoms with van der Waals surface area (Å²) in [6, 6.07) is 4.62. The van der Waals surface area contributed by atoms with Crippen LogP contribution in [0.4, 0.5) is 4.39 Å². The van der Waals surface area contributed by atoms with E-state index in [0.717, 1.165) is 6.42 Å². The van der Waals surface area contributed by atoms with Crippen molar-refractivity contribution in [1.29, 1.82) is 0 Å². The molecule has 4 rings (SSSR count). The van der Waals surface area contributed by atoms with Crippen LogP contribution in [-0.2, 0) is 16.0 Å². The molecule has 2 bridgehead atoms. The number of imide groups is 1. The predicted molar refractivity (Wildman–Crippen MR) is 109 cm³/mol. The van der Waals surface area contributed by atoms with Gasteiger partial charge in [-0.15, -0.1) is 0 Å². The summed E-state index contributed by atoms with van der Waals surface area (Å²) in [5, 5.41) is 6.60. The summed E-state index contributed by atoms with van der Waals surface area (Å²) in [5.74, 6) is 0.214. The van der Waals surface area contributed by atoms with Crippen LogP contribution in [-0.4, -0.2) is 49.4 Å². The molecule has 0 spiro atoms. The van der Waals surface area contributed by atoms with E-state index in [-0.39, 0.29) is 41.3 Å². The number of guanidine groups is 1. The van der Waals surface area contributed by atoms with E-state index in [4.69, 9.17) is 11.6 Å². The molecule has 3 aliphatic rings. The Labute approximate surface area is 174 Å². The van der Waals surface area contributed by atoms with Crippen LogP contribution in [0, 0.1) is 29.5 Å². The topological polar surface area (TPSA) is 73.8 Å². The van der Waals surface area contributed by atoms with Crippen molar-refractivity contribution in [1.82, 2.24) is 15.5 Å². The first-order chi connectivity index (χ1) is 14.0. The fourth-order valence-electron chi connectivity index (χ4n) is 4.77. The van der Waals surface area contributed by atoms with Crippen LogP contribution >= 0.6 is 11.6 Å². The van der Waals surface area contributed by atoms with Gasteiger partial charge < -0.3 is 10.6 Å². The number of hydrogen-bond donors (Lipinski definition) is 2. The fourth-order valence-corrected chi connectivity index (χ4v) is 5.03. The van der Waals surface area contributed by atoms with E-state index < -0.39 is 0 Å². The molecule has 4 unspecified atom stereocenters. The number of halogens is 2. The van der Waals surface area contributed by atoms with E-state index in [0.29, 0.717) is 42.6 Å². The predicted octanol–water partition coefficient (Wildman–Crippen LogP) is 1.99. The highest BCUT2D eigenvalue weighted by atomic mass is 35.5. The maximum Gasteiger partial charge on any atom is 0.233 e. The zero-order chi connectivity index (χ0) is 20.5. The van der Waals surface area contributed by atoms with Crippen molar-refractivity contribution >= 4 is 29.4 Å². The summed E-state index contributed by atoms with van der Waals surface area (Å²) in [6.45, 7) is 1.16. The van der Waals surface area contributed by atoms with Gasteiger partial charge in [0.1, 0.15) is 5.82 Å². The van der Waals surface area contributed by atoms with Gasteiger partial charge in [-0.2, -0.15) is 0 Å². The molecule has 1 aromatic carbocycles. The molecule has 2 fully saturated rings. The van der Waals surface area contributed by atoms with Gasteiger partial charge >= 0.3 is 0 Å². The molecule has 1 aromatic rings. The number of benzene rings is 1. The van der Waals surface area contributed by atoms with Crippen LogP contribution < -0.4 is 10.6 Å². The maximum absolute atomic E-state index is 13.8. The summed E-state index contributed by atoms with van der Waals surface area (Å²) in [4.78, 5) is 30.9. The van der Waals surface area contributed by atoms with E-state index in [1.165, 1.54) is 11.0 Å². The third-order valence-corrected chi connectivity index (χ3v) is 6.50. The van der Waals surface area contributed by atoms with E-state index >= 15 is 0 Å². The number of fused-ring (bicyclic) bond motifs is 5. The average molecular weight is 419 g/mol. The van der Waals surface area contributed by atoms with Crippen molar-refractivity contribution in [3.05, 3.63) is 46.8 Å². The summed E-state index contributed by atoms with van der Waals surface area (Å²) < 4.78 is 13.8. The number of likely N-dealkylation sites (tertiary alicyclic amines) is 1. The van der Waals surface area contributed by atoms with Crippen LogP contribution in [0.15, 0.2) is 35.3 Å². The van der Waals surface area contributed by atoms with Crippen molar-refractivity contribution in [2.75, 3.05) is 26.7 Å². The summed E-state index contributed by atoms with van der Waals surface area (Å²) in [5.41, 5.74) is 0.458. The monoisotopic (exact) mass is 418 g/mol. The zero-order valence-electron chi connectivity index (χ0n) is 16.2. The third-order valence-electron chi connectivity index (χ3n) is 6.14. The fraction of sp³-hybridized carbons (Fsp3) is 0.476. The van der Waals surface area contributed by atoms with Gasteiger partial charge in [0, 0.05) is 37.3 Å². The Morgan fingerprint density at radius 2 is 1.83 bits per heavy atom. The van der Waals surface area contributed by atoms with E-state index in [1.807, 2.05) is 0 Å². The molecule has 2 aliphatic carbocycles. The lowest BCUT2D eigenvalue weighted by Gasteiger charge is -2.18.